The molecule has 1 aliphatic carbocycles. The van der Waals surface area contributed by atoms with Crippen molar-refractivity contribution in [1.29, 1.82) is 0 Å². The van der Waals surface area contributed by atoms with Crippen LogP contribution in [0, 0.1) is 0 Å². The van der Waals surface area contributed by atoms with Crippen LogP contribution < -0.4 is 5.32 Å². The maximum atomic E-state index is 5.98. The predicted molar refractivity (Wildman–Crippen MR) is 68.3 cm³/mol. The number of nitrogens with zero attached hydrogens (tertiary/aromatic N) is 2. The fourth-order valence-electron chi connectivity index (χ4n) is 2.27. The van der Waals surface area contributed by atoms with E-state index in [1.807, 2.05) is 0 Å². The van der Waals surface area contributed by atoms with Crippen molar-refractivity contribution in [1.82, 2.24) is 9.97 Å². The smallest absolute Gasteiger partial charge is 0.171 e. The number of aromatic nitrogens is 2. The van der Waals surface area contributed by atoms with Gasteiger partial charge in [0.15, 0.2) is 11.0 Å². The summed E-state index contributed by atoms with van der Waals surface area (Å²) in [5.41, 5.74) is 2.81. The minimum Gasteiger partial charge on any atom is -0.364 e. The Morgan fingerprint density at radius 3 is 2.35 bits per heavy atom. The molecule has 2 aromatic rings. The Balaban J connectivity index is 1.76. The first-order valence-corrected chi connectivity index (χ1v) is 6.00. The van der Waals surface area contributed by atoms with Gasteiger partial charge >= 0.3 is 0 Å². The summed E-state index contributed by atoms with van der Waals surface area (Å²) < 4.78 is 0. The van der Waals surface area contributed by atoms with E-state index < -0.39 is 0 Å². The van der Waals surface area contributed by atoms with E-state index >= 15 is 0 Å². The van der Waals surface area contributed by atoms with Crippen molar-refractivity contribution >= 4 is 17.4 Å². The lowest BCUT2D eigenvalue weighted by atomic mass is 10.1. The molecule has 0 fully saturated rings. The van der Waals surface area contributed by atoms with Crippen LogP contribution in [0.25, 0.3) is 0 Å². The number of benzene rings is 1. The van der Waals surface area contributed by atoms with Crippen molar-refractivity contribution < 1.29 is 0 Å². The van der Waals surface area contributed by atoms with Crippen LogP contribution in [-0.2, 0) is 12.8 Å². The third-order valence-electron chi connectivity index (χ3n) is 3.05. The van der Waals surface area contributed by atoms with Crippen molar-refractivity contribution in [3.05, 3.63) is 52.9 Å². The zero-order chi connectivity index (χ0) is 11.7. The fourth-order valence-corrected chi connectivity index (χ4v) is 2.43. The van der Waals surface area contributed by atoms with Crippen LogP contribution in [0.4, 0.5) is 5.82 Å². The highest BCUT2D eigenvalue weighted by Gasteiger charge is 2.21. The first-order valence-electron chi connectivity index (χ1n) is 5.63. The quantitative estimate of drug-likeness (QED) is 0.884. The Kier molecular flexibility index (Phi) is 2.69. The van der Waals surface area contributed by atoms with Crippen molar-refractivity contribution in [2.24, 2.45) is 0 Å². The van der Waals surface area contributed by atoms with Gasteiger partial charge in [-0.1, -0.05) is 35.9 Å². The van der Waals surface area contributed by atoms with E-state index in [-0.39, 0.29) is 0 Å². The summed E-state index contributed by atoms with van der Waals surface area (Å²) in [5, 5.41) is 3.78. The van der Waals surface area contributed by atoms with Crippen molar-refractivity contribution in [2.75, 3.05) is 5.32 Å². The van der Waals surface area contributed by atoms with Crippen molar-refractivity contribution in [2.45, 2.75) is 18.9 Å². The molecule has 0 saturated carbocycles. The summed E-state index contributed by atoms with van der Waals surface area (Å²) in [6.45, 7) is 0. The van der Waals surface area contributed by atoms with E-state index in [9.17, 15) is 0 Å². The molecular formula is C13H12ClN3. The number of fused-ring (bicyclic) bond motifs is 1. The van der Waals surface area contributed by atoms with Crippen LogP contribution in [0.15, 0.2) is 36.7 Å². The molecule has 0 amide bonds. The third kappa shape index (κ3) is 2.11. The molecule has 3 rings (SSSR count). The van der Waals surface area contributed by atoms with Gasteiger partial charge in [0.05, 0.1) is 0 Å². The van der Waals surface area contributed by atoms with E-state index in [2.05, 4.69) is 39.6 Å². The molecule has 86 valence electrons. The lowest BCUT2D eigenvalue weighted by Gasteiger charge is -2.12. The van der Waals surface area contributed by atoms with Crippen LogP contribution >= 0.6 is 11.6 Å². The molecule has 0 radical (unpaired) electrons. The second-order valence-electron chi connectivity index (χ2n) is 4.21. The van der Waals surface area contributed by atoms with E-state index in [0.717, 1.165) is 12.8 Å². The highest BCUT2D eigenvalue weighted by molar-refractivity contribution is 6.31. The minimum atomic E-state index is 0.363. The first-order chi connectivity index (χ1) is 8.33. The average molecular weight is 246 g/mol. The molecule has 1 heterocycles. The zero-order valence-corrected chi connectivity index (χ0v) is 9.98. The largest absolute Gasteiger partial charge is 0.364 e. The molecule has 0 spiro atoms. The highest BCUT2D eigenvalue weighted by atomic mass is 35.5. The number of hydrogen-bond acceptors (Lipinski definition) is 3. The van der Waals surface area contributed by atoms with Gasteiger partial charge in [-0.25, -0.2) is 9.97 Å². The number of hydrogen-bond donors (Lipinski definition) is 1. The molecule has 0 aliphatic heterocycles. The summed E-state index contributed by atoms with van der Waals surface area (Å²) >= 11 is 5.98. The highest BCUT2D eigenvalue weighted by Crippen LogP contribution is 2.25. The van der Waals surface area contributed by atoms with Gasteiger partial charge in [-0.05, 0) is 24.0 Å². The minimum absolute atomic E-state index is 0.363. The van der Waals surface area contributed by atoms with Crippen LogP contribution in [0.3, 0.4) is 0 Å². The topological polar surface area (TPSA) is 37.8 Å². The maximum absolute atomic E-state index is 5.98. The normalized spacial score (nSPS) is 14.6. The van der Waals surface area contributed by atoms with E-state index in [0.29, 0.717) is 17.0 Å². The molecular weight excluding hydrogens is 234 g/mol. The van der Waals surface area contributed by atoms with Gasteiger partial charge in [0.2, 0.25) is 0 Å². The molecule has 1 aromatic heterocycles. The number of rotatable bonds is 2. The molecule has 0 atom stereocenters. The standard InChI is InChI=1S/C13H12ClN3/c14-12-13(16-6-5-15-12)17-11-7-9-3-1-2-4-10(9)8-11/h1-6,11H,7-8H2,(H,16,17). The van der Waals surface area contributed by atoms with Crippen LogP contribution in [0.5, 0.6) is 0 Å². The SMILES string of the molecule is Clc1nccnc1NC1Cc2ccccc2C1. The summed E-state index contributed by atoms with van der Waals surface area (Å²) in [6.07, 6.45) is 5.28. The van der Waals surface area contributed by atoms with Crippen molar-refractivity contribution in [3.63, 3.8) is 0 Å². The third-order valence-corrected chi connectivity index (χ3v) is 3.32. The monoisotopic (exact) mass is 245 g/mol. The predicted octanol–water partition coefficient (Wildman–Crippen LogP) is 2.71. The van der Waals surface area contributed by atoms with Gasteiger partial charge in [0.1, 0.15) is 0 Å². The first kappa shape index (κ1) is 10.5. The van der Waals surface area contributed by atoms with Crippen LogP contribution in [0.2, 0.25) is 5.15 Å². The van der Waals surface area contributed by atoms with Crippen LogP contribution in [-0.4, -0.2) is 16.0 Å². The fraction of sp³-hybridized carbons (Fsp3) is 0.231. The molecule has 0 saturated heterocycles. The number of nitrogens with one attached hydrogen (secondary N) is 1. The molecule has 4 heteroatoms. The number of halogens is 1. The molecule has 0 bridgehead atoms. The Hall–Kier alpha value is -1.61. The van der Waals surface area contributed by atoms with Crippen LogP contribution in [0.1, 0.15) is 11.1 Å². The van der Waals surface area contributed by atoms with Gasteiger partial charge < -0.3 is 5.32 Å². The maximum Gasteiger partial charge on any atom is 0.171 e. The van der Waals surface area contributed by atoms with Crippen molar-refractivity contribution in [3.8, 4) is 0 Å². The Morgan fingerprint density at radius 1 is 1.06 bits per heavy atom. The molecule has 1 aromatic carbocycles. The van der Waals surface area contributed by atoms with E-state index in [4.69, 9.17) is 11.6 Å². The van der Waals surface area contributed by atoms with Gasteiger partial charge in [0.25, 0.3) is 0 Å². The summed E-state index contributed by atoms with van der Waals surface area (Å²) in [7, 11) is 0. The Labute approximate surface area is 105 Å². The summed E-state index contributed by atoms with van der Waals surface area (Å²) in [5.74, 6) is 0.673. The van der Waals surface area contributed by atoms with Gasteiger partial charge in [-0.2, -0.15) is 0 Å². The molecule has 0 unspecified atom stereocenters. The van der Waals surface area contributed by atoms with Gasteiger partial charge in [0, 0.05) is 18.4 Å². The lowest BCUT2D eigenvalue weighted by Crippen LogP contribution is -2.20. The van der Waals surface area contributed by atoms with Gasteiger partial charge in [-0.15, -0.1) is 0 Å². The molecule has 1 aliphatic rings. The van der Waals surface area contributed by atoms with Gasteiger partial charge in [-0.3, -0.25) is 0 Å². The Bertz CT molecular complexity index is 517. The summed E-state index contributed by atoms with van der Waals surface area (Å²) in [6, 6.07) is 8.87. The van der Waals surface area contributed by atoms with E-state index in [1.54, 1.807) is 12.4 Å². The molecule has 17 heavy (non-hydrogen) atoms. The molecule has 1 N–H and O–H groups in total. The Morgan fingerprint density at radius 2 is 1.71 bits per heavy atom. The molecule has 3 nitrogen and oxygen atoms in total. The zero-order valence-electron chi connectivity index (χ0n) is 9.23. The lowest BCUT2D eigenvalue weighted by molar-refractivity contribution is 0.767. The summed E-state index contributed by atoms with van der Waals surface area (Å²) in [4.78, 5) is 8.21. The second-order valence-corrected chi connectivity index (χ2v) is 4.57. The second kappa shape index (κ2) is 4.34. The number of anilines is 1. The van der Waals surface area contributed by atoms with E-state index in [1.165, 1.54) is 11.1 Å². The average Bonchev–Trinajstić information content (AvgIpc) is 2.74.